The minimum absolute atomic E-state index is 0.676. The molecular formula is C9H9F3N2O2S. The number of rotatable bonds is 1. The number of hydrogen-bond donors (Lipinski definition) is 0. The van der Waals surface area contributed by atoms with Crippen molar-refractivity contribution in [3.63, 3.8) is 0 Å². The zero-order chi connectivity index (χ0) is 13.3. The molecule has 0 saturated carbocycles. The molecule has 1 amide bonds. The van der Waals surface area contributed by atoms with Gasteiger partial charge in [0.15, 0.2) is 0 Å². The van der Waals surface area contributed by atoms with Gasteiger partial charge < -0.3 is 0 Å². The van der Waals surface area contributed by atoms with Crippen LogP contribution in [-0.2, 0) is 15.9 Å². The molecule has 17 heavy (non-hydrogen) atoms. The zero-order valence-corrected chi connectivity index (χ0v) is 9.80. The first-order chi connectivity index (χ1) is 7.61. The van der Waals surface area contributed by atoms with Gasteiger partial charge in [0, 0.05) is 34.6 Å². The number of halogens is 3. The van der Waals surface area contributed by atoms with Crippen LogP contribution in [0.3, 0.4) is 0 Å². The van der Waals surface area contributed by atoms with Gasteiger partial charge in [0.05, 0.1) is 11.1 Å². The molecule has 1 rings (SSSR count). The lowest BCUT2D eigenvalue weighted by Gasteiger charge is -2.09. The molecule has 0 spiro atoms. The molecule has 1 heterocycles. The molecule has 94 valence electrons. The summed E-state index contributed by atoms with van der Waals surface area (Å²) < 4.78 is 52.1. The second-order valence-electron chi connectivity index (χ2n) is 3.50. The molecule has 1 aromatic rings. The number of aromatic nitrogens is 1. The van der Waals surface area contributed by atoms with E-state index in [4.69, 9.17) is 0 Å². The number of hydrogen-bond acceptors (Lipinski definition) is 3. The summed E-state index contributed by atoms with van der Waals surface area (Å²) in [5.74, 6) is -1.18. The lowest BCUT2D eigenvalue weighted by Crippen LogP contribution is -2.13. The summed E-state index contributed by atoms with van der Waals surface area (Å²) in [5.41, 5.74) is -1.83. The first-order valence-corrected chi connectivity index (χ1v) is 6.67. The molecule has 8 heteroatoms. The van der Waals surface area contributed by atoms with E-state index in [0.717, 1.165) is 24.9 Å². The fourth-order valence-electron chi connectivity index (χ4n) is 1.06. The SMILES string of the molecule is CS(C)(=O)=NC(=O)c1cnccc1C(F)(F)F. The van der Waals surface area contributed by atoms with Gasteiger partial charge in [-0.2, -0.15) is 17.5 Å². The fraction of sp³-hybridized carbons (Fsp3) is 0.333. The van der Waals surface area contributed by atoms with Crippen LogP contribution in [0.5, 0.6) is 0 Å². The van der Waals surface area contributed by atoms with Crippen LogP contribution in [0.2, 0.25) is 0 Å². The third kappa shape index (κ3) is 3.81. The monoisotopic (exact) mass is 266 g/mol. The highest BCUT2D eigenvalue weighted by Gasteiger charge is 2.35. The summed E-state index contributed by atoms with van der Waals surface area (Å²) in [5, 5.41) is 0. The average molecular weight is 266 g/mol. The van der Waals surface area contributed by atoms with Gasteiger partial charge >= 0.3 is 6.18 Å². The number of amides is 1. The number of pyridine rings is 1. The number of alkyl halides is 3. The Morgan fingerprint density at radius 3 is 2.47 bits per heavy atom. The highest BCUT2D eigenvalue weighted by Crippen LogP contribution is 2.31. The summed E-state index contributed by atoms with van der Waals surface area (Å²) in [6.45, 7) is 0. The second-order valence-corrected chi connectivity index (χ2v) is 6.04. The van der Waals surface area contributed by atoms with Gasteiger partial charge in [-0.15, -0.1) is 0 Å². The number of carbonyl (C=O) groups excluding carboxylic acids is 1. The maximum Gasteiger partial charge on any atom is 0.417 e. The van der Waals surface area contributed by atoms with Gasteiger partial charge in [-0.25, -0.2) is 4.21 Å². The van der Waals surface area contributed by atoms with Crippen LogP contribution < -0.4 is 0 Å². The Labute approximate surface area is 96.0 Å². The number of nitrogens with zero attached hydrogens (tertiary/aromatic N) is 2. The summed E-state index contributed by atoms with van der Waals surface area (Å²) in [4.78, 5) is 14.9. The Bertz CT molecular complexity index is 552. The summed E-state index contributed by atoms with van der Waals surface area (Å²) in [7, 11) is -2.80. The molecule has 0 unspecified atom stereocenters. The Balaban J connectivity index is 3.35. The Morgan fingerprint density at radius 2 is 2.00 bits per heavy atom. The molecule has 0 fully saturated rings. The van der Waals surface area contributed by atoms with Crippen molar-refractivity contribution in [1.29, 1.82) is 0 Å². The molecule has 0 atom stereocenters. The minimum Gasteiger partial charge on any atom is -0.266 e. The van der Waals surface area contributed by atoms with E-state index < -0.39 is 32.9 Å². The first-order valence-electron chi connectivity index (χ1n) is 4.34. The Hall–Kier alpha value is -1.44. The van der Waals surface area contributed by atoms with Crippen LogP contribution in [0, 0.1) is 0 Å². The molecule has 0 aliphatic carbocycles. The van der Waals surface area contributed by atoms with Crippen LogP contribution in [0.25, 0.3) is 0 Å². The van der Waals surface area contributed by atoms with Gasteiger partial charge in [0.25, 0.3) is 5.91 Å². The van der Waals surface area contributed by atoms with Crippen LogP contribution >= 0.6 is 0 Å². The molecule has 0 bridgehead atoms. The van der Waals surface area contributed by atoms with Gasteiger partial charge in [-0.05, 0) is 6.07 Å². The van der Waals surface area contributed by atoms with Crippen LogP contribution in [0.1, 0.15) is 15.9 Å². The molecule has 0 aliphatic heterocycles. The van der Waals surface area contributed by atoms with E-state index in [1.54, 1.807) is 0 Å². The van der Waals surface area contributed by atoms with E-state index in [-0.39, 0.29) is 0 Å². The van der Waals surface area contributed by atoms with Crippen LogP contribution in [-0.4, -0.2) is 27.6 Å². The van der Waals surface area contributed by atoms with E-state index in [2.05, 4.69) is 9.35 Å². The van der Waals surface area contributed by atoms with Crippen molar-refractivity contribution >= 4 is 15.6 Å². The van der Waals surface area contributed by atoms with Crippen molar-refractivity contribution in [1.82, 2.24) is 4.98 Å². The lowest BCUT2D eigenvalue weighted by atomic mass is 10.1. The molecule has 0 saturated heterocycles. The van der Waals surface area contributed by atoms with Crippen LogP contribution in [0.4, 0.5) is 13.2 Å². The molecule has 4 nitrogen and oxygen atoms in total. The quantitative estimate of drug-likeness (QED) is 0.780. The lowest BCUT2D eigenvalue weighted by molar-refractivity contribution is -0.138. The standard InChI is InChI=1S/C9H9F3N2O2S/c1-17(2,16)14-8(15)6-5-13-4-3-7(6)9(10,11)12/h3-5H,1-2H3. The molecule has 0 aromatic carbocycles. The second kappa shape index (κ2) is 4.44. The predicted molar refractivity (Wildman–Crippen MR) is 56.0 cm³/mol. The molecule has 0 N–H and O–H groups in total. The maximum atomic E-state index is 12.5. The Morgan fingerprint density at radius 1 is 1.41 bits per heavy atom. The summed E-state index contributed by atoms with van der Waals surface area (Å²) in [6, 6.07) is 0.676. The van der Waals surface area contributed by atoms with E-state index in [1.807, 2.05) is 0 Å². The third-order valence-electron chi connectivity index (χ3n) is 1.66. The van der Waals surface area contributed by atoms with E-state index >= 15 is 0 Å². The summed E-state index contributed by atoms with van der Waals surface area (Å²) >= 11 is 0. The predicted octanol–water partition coefficient (Wildman–Crippen LogP) is 1.97. The average Bonchev–Trinajstić information content (AvgIpc) is 2.13. The molecular weight excluding hydrogens is 257 g/mol. The molecule has 0 aliphatic rings. The van der Waals surface area contributed by atoms with Gasteiger partial charge in [-0.1, -0.05) is 0 Å². The smallest absolute Gasteiger partial charge is 0.266 e. The minimum atomic E-state index is -4.67. The fourth-order valence-corrected chi connectivity index (χ4v) is 1.56. The van der Waals surface area contributed by atoms with E-state index in [1.165, 1.54) is 0 Å². The number of carbonyl (C=O) groups is 1. The van der Waals surface area contributed by atoms with Crippen LogP contribution in [0.15, 0.2) is 22.8 Å². The van der Waals surface area contributed by atoms with Crippen molar-refractivity contribution in [2.45, 2.75) is 6.18 Å². The van der Waals surface area contributed by atoms with E-state index in [0.29, 0.717) is 6.07 Å². The van der Waals surface area contributed by atoms with Crippen molar-refractivity contribution < 1.29 is 22.2 Å². The largest absolute Gasteiger partial charge is 0.417 e. The summed E-state index contributed by atoms with van der Waals surface area (Å²) in [6.07, 6.45) is -0.663. The zero-order valence-electron chi connectivity index (χ0n) is 8.99. The third-order valence-corrected chi connectivity index (χ3v) is 2.27. The highest BCUT2D eigenvalue weighted by molar-refractivity contribution is 7.92. The van der Waals surface area contributed by atoms with Gasteiger partial charge in [-0.3, -0.25) is 9.78 Å². The van der Waals surface area contributed by atoms with E-state index in [9.17, 15) is 22.2 Å². The Kier molecular flexibility index (Phi) is 3.56. The van der Waals surface area contributed by atoms with Gasteiger partial charge in [0.2, 0.25) is 0 Å². The topological polar surface area (TPSA) is 59.4 Å². The van der Waals surface area contributed by atoms with Crippen molar-refractivity contribution in [3.8, 4) is 0 Å². The molecule has 1 aromatic heterocycles. The normalized spacial score (nSPS) is 12.3. The van der Waals surface area contributed by atoms with Crippen molar-refractivity contribution in [2.24, 2.45) is 4.36 Å². The van der Waals surface area contributed by atoms with Crippen molar-refractivity contribution in [3.05, 3.63) is 29.6 Å². The van der Waals surface area contributed by atoms with Crippen molar-refractivity contribution in [2.75, 3.05) is 12.5 Å². The highest BCUT2D eigenvalue weighted by atomic mass is 32.2. The first kappa shape index (κ1) is 13.6. The molecule has 0 radical (unpaired) electrons. The van der Waals surface area contributed by atoms with Gasteiger partial charge in [0.1, 0.15) is 0 Å². The maximum absolute atomic E-state index is 12.5.